The molecule has 3 N–H and O–H groups in total. The molecule has 110 valence electrons. The highest BCUT2D eigenvalue weighted by atomic mass is 16.4. The minimum absolute atomic E-state index is 0.0803. The summed E-state index contributed by atoms with van der Waals surface area (Å²) >= 11 is 0. The van der Waals surface area contributed by atoms with E-state index < -0.39 is 12.0 Å². The number of hydrogen-bond acceptors (Lipinski definition) is 2. The average Bonchev–Trinajstić information content (AvgIpc) is 2.64. The summed E-state index contributed by atoms with van der Waals surface area (Å²) < 4.78 is 0. The number of amides is 2. The highest BCUT2D eigenvalue weighted by Crippen LogP contribution is 2.36. The molecule has 2 amide bonds. The quantitative estimate of drug-likeness (QED) is 0.717. The normalized spacial score (nSPS) is 24.5. The molecule has 5 nitrogen and oxygen atoms in total. The number of nitrogens with one attached hydrogen (secondary N) is 2. The van der Waals surface area contributed by atoms with E-state index in [1.165, 1.54) is 0 Å². The number of carboxylic acids is 1. The Balaban J connectivity index is 2.48. The van der Waals surface area contributed by atoms with Gasteiger partial charge in [0.2, 0.25) is 0 Å². The molecule has 0 aromatic rings. The van der Waals surface area contributed by atoms with Crippen molar-refractivity contribution in [3.8, 4) is 0 Å². The van der Waals surface area contributed by atoms with Crippen LogP contribution in [0.1, 0.15) is 53.4 Å². The van der Waals surface area contributed by atoms with Crippen LogP contribution in [0.15, 0.2) is 0 Å². The van der Waals surface area contributed by atoms with Gasteiger partial charge in [-0.1, -0.05) is 34.1 Å². The lowest BCUT2D eigenvalue weighted by Crippen LogP contribution is -2.51. The van der Waals surface area contributed by atoms with Gasteiger partial charge in [0.15, 0.2) is 0 Å². The molecular weight excluding hydrogens is 244 g/mol. The second-order valence-corrected chi connectivity index (χ2v) is 6.42. The molecule has 5 heteroatoms. The Hall–Kier alpha value is -1.26. The zero-order chi connectivity index (χ0) is 14.6. The van der Waals surface area contributed by atoms with Crippen LogP contribution in [-0.4, -0.2) is 29.2 Å². The molecule has 1 aliphatic rings. The predicted molar refractivity (Wildman–Crippen MR) is 74.0 cm³/mol. The summed E-state index contributed by atoms with van der Waals surface area (Å²) in [6, 6.07) is -1.03. The molecule has 19 heavy (non-hydrogen) atoms. The van der Waals surface area contributed by atoms with Gasteiger partial charge in [-0.05, 0) is 30.6 Å². The van der Waals surface area contributed by atoms with Crippen molar-refractivity contribution in [3.05, 3.63) is 0 Å². The number of hydrogen-bond donors (Lipinski definition) is 3. The van der Waals surface area contributed by atoms with E-state index in [4.69, 9.17) is 5.11 Å². The van der Waals surface area contributed by atoms with E-state index in [2.05, 4.69) is 24.5 Å². The third kappa shape index (κ3) is 4.73. The van der Waals surface area contributed by atoms with Crippen LogP contribution in [0, 0.1) is 11.3 Å². The van der Waals surface area contributed by atoms with E-state index in [1.54, 1.807) is 0 Å². The molecule has 0 saturated heterocycles. The van der Waals surface area contributed by atoms with Gasteiger partial charge < -0.3 is 15.7 Å². The van der Waals surface area contributed by atoms with Crippen LogP contribution in [-0.2, 0) is 4.79 Å². The highest BCUT2D eigenvalue weighted by Gasteiger charge is 2.32. The average molecular weight is 270 g/mol. The van der Waals surface area contributed by atoms with Crippen LogP contribution in [0.4, 0.5) is 4.79 Å². The van der Waals surface area contributed by atoms with Gasteiger partial charge in [-0.25, -0.2) is 9.59 Å². The van der Waals surface area contributed by atoms with Crippen LogP contribution in [0.5, 0.6) is 0 Å². The molecule has 0 aromatic heterocycles. The molecule has 2 unspecified atom stereocenters. The van der Waals surface area contributed by atoms with Crippen molar-refractivity contribution in [2.45, 2.75) is 65.5 Å². The van der Waals surface area contributed by atoms with Crippen molar-refractivity contribution < 1.29 is 14.7 Å². The molecule has 1 aliphatic carbocycles. The van der Waals surface area contributed by atoms with Gasteiger partial charge in [0.1, 0.15) is 6.04 Å². The smallest absolute Gasteiger partial charge is 0.326 e. The molecule has 0 radical (unpaired) electrons. The fourth-order valence-corrected chi connectivity index (χ4v) is 2.61. The topological polar surface area (TPSA) is 78.4 Å². The molecule has 0 spiro atoms. The molecule has 1 fully saturated rings. The fourth-order valence-electron chi connectivity index (χ4n) is 2.61. The third-order valence-corrected chi connectivity index (χ3v) is 4.07. The lowest BCUT2D eigenvalue weighted by Gasteiger charge is -2.22. The second kappa shape index (κ2) is 6.26. The first-order valence-electron chi connectivity index (χ1n) is 7.05. The first-order chi connectivity index (χ1) is 8.75. The van der Waals surface area contributed by atoms with Gasteiger partial charge in [-0.2, -0.15) is 0 Å². The summed E-state index contributed by atoms with van der Waals surface area (Å²) in [5.74, 6) is -1.06. The van der Waals surface area contributed by atoms with Crippen LogP contribution >= 0.6 is 0 Å². The van der Waals surface area contributed by atoms with E-state index >= 15 is 0 Å². The third-order valence-electron chi connectivity index (χ3n) is 4.07. The Morgan fingerprint density at radius 1 is 1.42 bits per heavy atom. The summed E-state index contributed by atoms with van der Waals surface area (Å²) in [6.45, 7) is 8.12. The monoisotopic (exact) mass is 270 g/mol. The molecule has 3 atom stereocenters. The molecule has 0 aliphatic heterocycles. The van der Waals surface area contributed by atoms with Crippen LogP contribution in [0.25, 0.3) is 0 Å². The first-order valence-corrected chi connectivity index (χ1v) is 7.05. The number of carbonyl (C=O) groups excluding carboxylic acids is 1. The number of carboxylic acid groups (broad SMARTS) is 1. The Kier molecular flexibility index (Phi) is 5.20. The Morgan fingerprint density at radius 2 is 2.05 bits per heavy atom. The van der Waals surface area contributed by atoms with Crippen molar-refractivity contribution in [2.24, 2.45) is 11.3 Å². The van der Waals surface area contributed by atoms with Crippen molar-refractivity contribution in [2.75, 3.05) is 0 Å². The minimum Gasteiger partial charge on any atom is -0.480 e. The molecule has 0 bridgehead atoms. The fraction of sp³-hybridized carbons (Fsp3) is 0.857. The Bertz CT molecular complexity index is 342. The molecule has 1 rings (SSSR count). The molecule has 1 saturated carbocycles. The molecule has 0 aromatic carbocycles. The molecular formula is C14H26N2O3. The van der Waals surface area contributed by atoms with Gasteiger partial charge in [0.05, 0.1) is 0 Å². The van der Waals surface area contributed by atoms with Gasteiger partial charge in [-0.15, -0.1) is 0 Å². The SMILES string of the molecule is CCC(C)[C@H](NC(=O)NC1CCC(C)(C)C1)C(=O)O. The Morgan fingerprint density at radius 3 is 2.47 bits per heavy atom. The summed E-state index contributed by atoms with van der Waals surface area (Å²) in [5.41, 5.74) is 0.265. The predicted octanol–water partition coefficient (Wildman–Crippen LogP) is 2.36. The van der Waals surface area contributed by atoms with Crippen LogP contribution in [0.2, 0.25) is 0 Å². The van der Waals surface area contributed by atoms with Gasteiger partial charge in [-0.3, -0.25) is 0 Å². The maximum atomic E-state index is 11.9. The lowest BCUT2D eigenvalue weighted by atomic mass is 9.92. The largest absolute Gasteiger partial charge is 0.480 e. The highest BCUT2D eigenvalue weighted by molar-refractivity contribution is 5.82. The van der Waals surface area contributed by atoms with Crippen LogP contribution < -0.4 is 10.6 Å². The van der Waals surface area contributed by atoms with Gasteiger partial charge in [0, 0.05) is 6.04 Å². The number of urea groups is 1. The minimum atomic E-state index is -0.976. The van der Waals surface area contributed by atoms with Gasteiger partial charge in [0.25, 0.3) is 0 Å². The van der Waals surface area contributed by atoms with Crippen molar-refractivity contribution in [1.29, 1.82) is 0 Å². The Labute approximate surface area is 115 Å². The van der Waals surface area contributed by atoms with Crippen molar-refractivity contribution in [3.63, 3.8) is 0 Å². The van der Waals surface area contributed by atoms with E-state index in [1.807, 2.05) is 13.8 Å². The first kappa shape index (κ1) is 15.8. The van der Waals surface area contributed by atoms with Crippen molar-refractivity contribution >= 4 is 12.0 Å². The van der Waals surface area contributed by atoms with Crippen molar-refractivity contribution in [1.82, 2.24) is 10.6 Å². The summed E-state index contributed by atoms with van der Waals surface area (Å²) in [5, 5.41) is 14.6. The molecule has 0 heterocycles. The maximum absolute atomic E-state index is 11.9. The van der Waals surface area contributed by atoms with Gasteiger partial charge >= 0.3 is 12.0 Å². The zero-order valence-corrected chi connectivity index (χ0v) is 12.3. The summed E-state index contributed by atoms with van der Waals surface area (Å²) in [7, 11) is 0. The number of carbonyl (C=O) groups is 2. The van der Waals surface area contributed by atoms with E-state index in [-0.39, 0.29) is 23.4 Å². The number of rotatable bonds is 5. The summed E-state index contributed by atoms with van der Waals surface area (Å²) in [4.78, 5) is 23.0. The standard InChI is InChI=1S/C14H26N2O3/c1-5-9(2)11(12(17)18)16-13(19)15-10-6-7-14(3,4)8-10/h9-11H,5-8H2,1-4H3,(H,17,18)(H2,15,16,19)/t9?,10?,11-/m0/s1. The van der Waals surface area contributed by atoms with E-state index in [0.29, 0.717) is 6.42 Å². The second-order valence-electron chi connectivity index (χ2n) is 6.42. The number of aliphatic carboxylic acids is 1. The maximum Gasteiger partial charge on any atom is 0.326 e. The summed E-state index contributed by atoms with van der Waals surface area (Å²) in [6.07, 6.45) is 3.71. The zero-order valence-electron chi connectivity index (χ0n) is 12.3. The lowest BCUT2D eigenvalue weighted by molar-refractivity contribution is -0.140. The van der Waals surface area contributed by atoms with E-state index in [9.17, 15) is 9.59 Å². The van der Waals surface area contributed by atoms with E-state index in [0.717, 1.165) is 19.3 Å². The van der Waals surface area contributed by atoms with Crippen LogP contribution in [0.3, 0.4) is 0 Å².